The molecule has 0 N–H and O–H groups in total. The zero-order chi connectivity index (χ0) is 17.7. The SMILES string of the molecule is CCOC1=CC2=CC[C@@H]3[C@H](CC[C@]4(C)C(=O)CC[C@@H]34)[C@@]2(COC)CC1. The maximum atomic E-state index is 12.5. The van der Waals surface area contributed by atoms with Gasteiger partial charge in [-0.25, -0.2) is 0 Å². The van der Waals surface area contributed by atoms with Crippen LogP contribution in [0.3, 0.4) is 0 Å². The van der Waals surface area contributed by atoms with Crippen molar-refractivity contribution in [2.45, 2.75) is 58.8 Å². The molecule has 25 heavy (non-hydrogen) atoms. The van der Waals surface area contributed by atoms with Crippen LogP contribution in [0, 0.1) is 28.6 Å². The van der Waals surface area contributed by atoms with Crippen molar-refractivity contribution in [2.24, 2.45) is 28.6 Å². The maximum absolute atomic E-state index is 12.5. The minimum Gasteiger partial charge on any atom is -0.498 e. The molecule has 4 aliphatic rings. The minimum absolute atomic E-state index is 0.0538. The van der Waals surface area contributed by atoms with E-state index in [1.807, 2.05) is 7.11 Å². The van der Waals surface area contributed by atoms with Crippen LogP contribution in [-0.4, -0.2) is 26.1 Å². The summed E-state index contributed by atoms with van der Waals surface area (Å²) in [7, 11) is 1.84. The molecule has 4 rings (SSSR count). The minimum atomic E-state index is -0.0538. The molecule has 3 heteroatoms. The fraction of sp³-hybridized carbons (Fsp3) is 0.773. The largest absolute Gasteiger partial charge is 0.498 e. The first-order chi connectivity index (χ1) is 12.0. The molecule has 0 aromatic rings. The van der Waals surface area contributed by atoms with Crippen LogP contribution in [0.4, 0.5) is 0 Å². The van der Waals surface area contributed by atoms with E-state index in [2.05, 4.69) is 26.0 Å². The molecular formula is C22H32O3. The zero-order valence-electron chi connectivity index (χ0n) is 16.0. The predicted molar refractivity (Wildman–Crippen MR) is 98.0 cm³/mol. The van der Waals surface area contributed by atoms with Gasteiger partial charge in [-0.15, -0.1) is 0 Å². The Labute approximate surface area is 151 Å². The molecule has 4 aliphatic carbocycles. The van der Waals surface area contributed by atoms with Crippen LogP contribution in [0.15, 0.2) is 23.5 Å². The Kier molecular flexibility index (Phi) is 4.34. The van der Waals surface area contributed by atoms with Crippen molar-refractivity contribution >= 4 is 5.78 Å². The van der Waals surface area contributed by atoms with Gasteiger partial charge < -0.3 is 9.47 Å². The van der Waals surface area contributed by atoms with Crippen LogP contribution in [0.5, 0.6) is 0 Å². The van der Waals surface area contributed by atoms with Crippen LogP contribution in [0.2, 0.25) is 0 Å². The average Bonchev–Trinajstić information content (AvgIpc) is 2.91. The van der Waals surface area contributed by atoms with Crippen molar-refractivity contribution in [1.29, 1.82) is 0 Å². The standard InChI is InChI=1S/C22H32O3/c1-4-25-16-9-12-22(14-24-3)15(13-16)5-6-17-18-7-8-20(23)21(18,2)11-10-19(17)22/h5,13,17-19H,4,6-12,14H2,1-3H3/t17-,18-,19-,21-,22+/m0/s1. The number of carbonyl (C=O) groups is 1. The van der Waals surface area contributed by atoms with Gasteiger partial charge in [-0.3, -0.25) is 4.79 Å². The van der Waals surface area contributed by atoms with Crippen LogP contribution in [-0.2, 0) is 14.3 Å². The molecule has 0 spiro atoms. The Morgan fingerprint density at radius 3 is 2.80 bits per heavy atom. The summed E-state index contributed by atoms with van der Waals surface area (Å²) >= 11 is 0. The number of methoxy groups -OCH3 is 1. The van der Waals surface area contributed by atoms with Gasteiger partial charge in [0.15, 0.2) is 0 Å². The summed E-state index contributed by atoms with van der Waals surface area (Å²) in [5, 5.41) is 0. The van der Waals surface area contributed by atoms with Gasteiger partial charge in [0.2, 0.25) is 0 Å². The van der Waals surface area contributed by atoms with Crippen molar-refractivity contribution in [3.63, 3.8) is 0 Å². The van der Waals surface area contributed by atoms with Gasteiger partial charge in [0.1, 0.15) is 5.78 Å². The second-order valence-corrected chi connectivity index (χ2v) is 8.82. The number of Topliss-reactive ketones (excluding diaryl/α,β-unsaturated/α-hetero) is 1. The molecular weight excluding hydrogens is 312 g/mol. The summed E-state index contributed by atoms with van der Waals surface area (Å²) in [5.41, 5.74) is 1.52. The molecule has 0 saturated heterocycles. The average molecular weight is 344 g/mol. The summed E-state index contributed by atoms with van der Waals surface area (Å²) in [5.74, 6) is 3.52. The topological polar surface area (TPSA) is 35.5 Å². The molecule has 0 amide bonds. The van der Waals surface area contributed by atoms with Gasteiger partial charge >= 0.3 is 0 Å². The van der Waals surface area contributed by atoms with Gasteiger partial charge in [-0.2, -0.15) is 0 Å². The lowest BCUT2D eigenvalue weighted by atomic mass is 9.48. The van der Waals surface area contributed by atoms with Crippen LogP contribution < -0.4 is 0 Å². The van der Waals surface area contributed by atoms with E-state index in [1.165, 1.54) is 12.0 Å². The smallest absolute Gasteiger partial charge is 0.139 e. The first-order valence-electron chi connectivity index (χ1n) is 10.1. The zero-order valence-corrected chi connectivity index (χ0v) is 16.0. The molecule has 0 heterocycles. The summed E-state index contributed by atoms with van der Waals surface area (Å²) in [6.07, 6.45) is 12.1. The number of allylic oxidation sites excluding steroid dienone is 3. The van der Waals surface area contributed by atoms with Crippen LogP contribution in [0.25, 0.3) is 0 Å². The number of hydrogen-bond donors (Lipinski definition) is 0. The number of ether oxygens (including phenoxy) is 2. The summed E-state index contributed by atoms with van der Waals surface area (Å²) in [6, 6.07) is 0. The fourth-order valence-corrected chi connectivity index (χ4v) is 6.70. The molecule has 0 aromatic carbocycles. The van der Waals surface area contributed by atoms with E-state index in [1.54, 1.807) is 0 Å². The van der Waals surface area contributed by atoms with E-state index in [0.29, 0.717) is 23.5 Å². The number of fused-ring (bicyclic) bond motifs is 5. The second kappa shape index (κ2) is 6.26. The molecule has 0 bridgehead atoms. The van der Waals surface area contributed by atoms with Crippen molar-refractivity contribution in [2.75, 3.05) is 20.3 Å². The number of carbonyl (C=O) groups excluding carboxylic acids is 1. The molecule has 138 valence electrons. The second-order valence-electron chi connectivity index (χ2n) is 8.82. The van der Waals surface area contributed by atoms with Gasteiger partial charge in [-0.05, 0) is 68.4 Å². The Bertz CT molecular complexity index is 619. The molecule has 0 aliphatic heterocycles. The lowest BCUT2D eigenvalue weighted by Crippen LogP contribution is -2.52. The molecule has 0 aromatic heterocycles. The van der Waals surface area contributed by atoms with Crippen molar-refractivity contribution in [3.05, 3.63) is 23.5 Å². The third-order valence-corrected chi connectivity index (χ3v) is 7.91. The van der Waals surface area contributed by atoms with Gasteiger partial charge in [-0.1, -0.05) is 13.0 Å². The van der Waals surface area contributed by atoms with E-state index in [0.717, 1.165) is 57.5 Å². The monoisotopic (exact) mass is 344 g/mol. The Morgan fingerprint density at radius 2 is 2.04 bits per heavy atom. The molecule has 2 fully saturated rings. The number of rotatable bonds is 4. The number of hydrogen-bond acceptors (Lipinski definition) is 3. The van der Waals surface area contributed by atoms with Gasteiger partial charge in [0.05, 0.1) is 19.0 Å². The molecule has 5 atom stereocenters. The predicted octanol–water partition coefficient (Wildman–Crippen LogP) is 4.68. The molecule has 0 radical (unpaired) electrons. The third kappa shape index (κ3) is 2.45. The van der Waals surface area contributed by atoms with Crippen molar-refractivity contribution in [1.82, 2.24) is 0 Å². The first kappa shape index (κ1) is 17.3. The van der Waals surface area contributed by atoms with Gasteiger partial charge in [0.25, 0.3) is 0 Å². The van der Waals surface area contributed by atoms with Crippen molar-refractivity contribution in [3.8, 4) is 0 Å². The highest BCUT2D eigenvalue weighted by atomic mass is 16.5. The van der Waals surface area contributed by atoms with Crippen LogP contribution >= 0.6 is 0 Å². The summed E-state index contributed by atoms with van der Waals surface area (Å²) in [4.78, 5) is 12.5. The van der Waals surface area contributed by atoms with E-state index < -0.39 is 0 Å². The quantitative estimate of drug-likeness (QED) is 0.743. The molecule has 0 unspecified atom stereocenters. The summed E-state index contributed by atoms with van der Waals surface area (Å²) < 4.78 is 11.6. The normalized spacial score (nSPS) is 42.8. The van der Waals surface area contributed by atoms with E-state index in [-0.39, 0.29) is 10.8 Å². The maximum Gasteiger partial charge on any atom is 0.139 e. The van der Waals surface area contributed by atoms with E-state index >= 15 is 0 Å². The Hall–Kier alpha value is -1.09. The fourth-order valence-electron chi connectivity index (χ4n) is 6.70. The van der Waals surface area contributed by atoms with E-state index in [4.69, 9.17) is 9.47 Å². The van der Waals surface area contributed by atoms with Crippen molar-refractivity contribution < 1.29 is 14.3 Å². The third-order valence-electron chi connectivity index (χ3n) is 7.91. The first-order valence-corrected chi connectivity index (χ1v) is 10.1. The number of ketones is 1. The molecule has 3 nitrogen and oxygen atoms in total. The summed E-state index contributed by atoms with van der Waals surface area (Å²) in [6.45, 7) is 5.85. The highest BCUT2D eigenvalue weighted by Crippen LogP contribution is 2.63. The van der Waals surface area contributed by atoms with E-state index in [9.17, 15) is 4.79 Å². The Morgan fingerprint density at radius 1 is 1.20 bits per heavy atom. The van der Waals surface area contributed by atoms with Gasteiger partial charge in [0, 0.05) is 30.8 Å². The lowest BCUT2D eigenvalue weighted by molar-refractivity contribution is -0.132. The molecule has 2 saturated carbocycles. The lowest BCUT2D eigenvalue weighted by Gasteiger charge is -2.56. The van der Waals surface area contributed by atoms with Crippen LogP contribution in [0.1, 0.15) is 58.8 Å². The highest BCUT2D eigenvalue weighted by Gasteiger charge is 2.59. The Balaban J connectivity index is 1.71. The highest BCUT2D eigenvalue weighted by molar-refractivity contribution is 5.87.